The van der Waals surface area contributed by atoms with Gasteiger partial charge in [-0.15, -0.1) is 0 Å². The predicted octanol–water partition coefficient (Wildman–Crippen LogP) is 3.89. The summed E-state index contributed by atoms with van der Waals surface area (Å²) in [7, 11) is 0. The number of aromatic nitrogens is 3. The topological polar surface area (TPSA) is 128 Å². The fraction of sp³-hybridized carbons (Fsp3) is 0.387. The fourth-order valence-corrected chi connectivity index (χ4v) is 5.65. The number of nitrogens with two attached hydrogens (primary N) is 1. The van der Waals surface area contributed by atoms with Crippen LogP contribution in [0.25, 0.3) is 22.2 Å². The Bertz CT molecular complexity index is 1460. The van der Waals surface area contributed by atoms with Crippen LogP contribution in [0.4, 0.5) is 10.6 Å². The number of carbonyl (C=O) groups excluding carboxylic acids is 1. The first-order chi connectivity index (χ1) is 20.1. The maximum absolute atomic E-state index is 12.3. The van der Waals surface area contributed by atoms with Gasteiger partial charge in [0.1, 0.15) is 30.1 Å². The number of benzene rings is 2. The van der Waals surface area contributed by atoms with Crippen molar-refractivity contribution < 1.29 is 14.3 Å². The zero-order valence-electron chi connectivity index (χ0n) is 23.1. The number of hydrogen-bond acceptors (Lipinski definition) is 7. The number of nitrogens with zero attached hydrogens (tertiary/aromatic N) is 3. The zero-order chi connectivity index (χ0) is 28.0. The van der Waals surface area contributed by atoms with E-state index in [1.165, 1.54) is 6.33 Å². The summed E-state index contributed by atoms with van der Waals surface area (Å²) in [6.07, 6.45) is 6.54. The number of hydrogen-bond donors (Lipinski definition) is 4. The molecule has 2 aromatic carbocycles. The average molecular weight is 556 g/mol. The van der Waals surface area contributed by atoms with Gasteiger partial charge in [0.25, 0.3) is 0 Å². The number of amides is 2. The molecule has 1 unspecified atom stereocenters. The van der Waals surface area contributed by atoms with E-state index in [1.54, 1.807) is 0 Å². The van der Waals surface area contributed by atoms with Crippen LogP contribution in [0.15, 0.2) is 67.1 Å². The van der Waals surface area contributed by atoms with Crippen molar-refractivity contribution in [2.24, 2.45) is 5.92 Å². The molecule has 6 rings (SSSR count). The van der Waals surface area contributed by atoms with Crippen molar-refractivity contribution in [1.29, 1.82) is 0 Å². The molecule has 2 amide bonds. The largest absolute Gasteiger partial charge is 0.489 e. The number of anilines is 1. The maximum atomic E-state index is 12.3. The summed E-state index contributed by atoms with van der Waals surface area (Å²) in [6.45, 7) is 4.21. The van der Waals surface area contributed by atoms with Gasteiger partial charge in [-0.25, -0.2) is 14.8 Å². The Morgan fingerprint density at radius 2 is 2.00 bits per heavy atom. The molecule has 1 atom stereocenters. The SMILES string of the molecule is Nc1ncnc2c1c(-c1cccc(OCc3ccccc3)c1)cn2C1CC(CNC(=O)NCCC2CNCCO2)C1. The highest BCUT2D eigenvalue weighted by Crippen LogP contribution is 2.43. The van der Waals surface area contributed by atoms with Gasteiger partial charge in [-0.3, -0.25) is 0 Å². The van der Waals surface area contributed by atoms with Gasteiger partial charge < -0.3 is 35.7 Å². The van der Waals surface area contributed by atoms with E-state index in [4.69, 9.17) is 15.2 Å². The Morgan fingerprint density at radius 1 is 1.12 bits per heavy atom. The van der Waals surface area contributed by atoms with Crippen molar-refractivity contribution >= 4 is 22.9 Å². The second kappa shape index (κ2) is 12.6. The lowest BCUT2D eigenvalue weighted by molar-refractivity contribution is 0.0243. The monoisotopic (exact) mass is 555 g/mol. The highest BCUT2D eigenvalue weighted by Gasteiger charge is 2.32. The highest BCUT2D eigenvalue weighted by molar-refractivity contribution is 6.00. The molecule has 2 aromatic heterocycles. The number of morpholine rings is 1. The van der Waals surface area contributed by atoms with Crippen molar-refractivity contribution in [3.05, 3.63) is 72.7 Å². The quantitative estimate of drug-likeness (QED) is 0.234. The molecule has 4 aromatic rings. The molecule has 1 aliphatic heterocycles. The van der Waals surface area contributed by atoms with E-state index in [0.29, 0.717) is 31.4 Å². The van der Waals surface area contributed by atoms with Gasteiger partial charge in [0.15, 0.2) is 0 Å². The van der Waals surface area contributed by atoms with Gasteiger partial charge in [0.05, 0.1) is 18.1 Å². The fourth-order valence-electron chi connectivity index (χ4n) is 5.65. The minimum atomic E-state index is -0.124. The Labute approximate surface area is 239 Å². The summed E-state index contributed by atoms with van der Waals surface area (Å²) in [5, 5.41) is 10.1. The molecule has 5 N–H and O–H groups in total. The lowest BCUT2D eigenvalue weighted by Crippen LogP contribution is -2.44. The molecular weight excluding hydrogens is 518 g/mol. The lowest BCUT2D eigenvalue weighted by Gasteiger charge is -2.36. The van der Waals surface area contributed by atoms with Crippen LogP contribution >= 0.6 is 0 Å². The smallest absolute Gasteiger partial charge is 0.314 e. The highest BCUT2D eigenvalue weighted by atomic mass is 16.5. The third kappa shape index (κ3) is 6.44. The zero-order valence-corrected chi connectivity index (χ0v) is 23.1. The second-order valence-electron chi connectivity index (χ2n) is 10.8. The molecule has 41 heavy (non-hydrogen) atoms. The summed E-state index contributed by atoms with van der Waals surface area (Å²) >= 11 is 0. The van der Waals surface area contributed by atoms with Crippen LogP contribution in [0.5, 0.6) is 5.75 Å². The first-order valence-corrected chi connectivity index (χ1v) is 14.4. The number of carbonyl (C=O) groups is 1. The lowest BCUT2D eigenvalue weighted by atomic mass is 9.80. The van der Waals surface area contributed by atoms with Crippen LogP contribution in [0.2, 0.25) is 0 Å². The molecule has 1 aliphatic carbocycles. The van der Waals surface area contributed by atoms with Crippen molar-refractivity contribution in [2.75, 3.05) is 38.5 Å². The van der Waals surface area contributed by atoms with Crippen LogP contribution in [0.1, 0.15) is 30.9 Å². The van der Waals surface area contributed by atoms with Gasteiger partial charge in [-0.1, -0.05) is 42.5 Å². The summed E-state index contributed by atoms with van der Waals surface area (Å²) in [4.78, 5) is 21.2. The molecule has 10 nitrogen and oxygen atoms in total. The summed E-state index contributed by atoms with van der Waals surface area (Å²) in [5.74, 6) is 1.66. The van der Waals surface area contributed by atoms with Crippen LogP contribution < -0.4 is 26.4 Å². The number of urea groups is 1. The second-order valence-corrected chi connectivity index (χ2v) is 10.8. The number of fused-ring (bicyclic) bond motifs is 1. The molecule has 2 fully saturated rings. The van der Waals surface area contributed by atoms with E-state index in [-0.39, 0.29) is 18.2 Å². The van der Waals surface area contributed by atoms with E-state index < -0.39 is 0 Å². The Balaban J connectivity index is 1.07. The van der Waals surface area contributed by atoms with Crippen LogP contribution in [-0.2, 0) is 11.3 Å². The molecule has 2 aliphatic rings. The van der Waals surface area contributed by atoms with Crippen LogP contribution in [-0.4, -0.2) is 59.5 Å². The number of nitrogen functional groups attached to an aromatic ring is 1. The van der Waals surface area contributed by atoms with Crippen molar-refractivity contribution in [1.82, 2.24) is 30.5 Å². The summed E-state index contributed by atoms with van der Waals surface area (Å²) < 4.78 is 14.0. The minimum Gasteiger partial charge on any atom is -0.489 e. The van der Waals surface area contributed by atoms with E-state index in [0.717, 1.165) is 72.4 Å². The molecule has 0 radical (unpaired) electrons. The third-order valence-corrected chi connectivity index (χ3v) is 7.94. The third-order valence-electron chi connectivity index (χ3n) is 7.94. The molecule has 3 heterocycles. The Hall–Kier alpha value is -4.15. The molecule has 0 spiro atoms. The Kier molecular flexibility index (Phi) is 8.29. The van der Waals surface area contributed by atoms with E-state index in [1.807, 2.05) is 36.4 Å². The maximum Gasteiger partial charge on any atom is 0.314 e. The number of nitrogens with one attached hydrogen (secondary N) is 3. The van der Waals surface area contributed by atoms with Gasteiger partial charge >= 0.3 is 6.03 Å². The van der Waals surface area contributed by atoms with E-state index in [2.05, 4.69) is 54.9 Å². The van der Waals surface area contributed by atoms with E-state index >= 15 is 0 Å². The molecule has 0 bridgehead atoms. The molecule has 10 heteroatoms. The summed E-state index contributed by atoms with van der Waals surface area (Å²) in [5.41, 5.74) is 10.3. The number of ether oxygens (including phenoxy) is 2. The first kappa shape index (κ1) is 27.0. The molecule has 1 saturated carbocycles. The molecule has 214 valence electrons. The van der Waals surface area contributed by atoms with Crippen LogP contribution in [0.3, 0.4) is 0 Å². The van der Waals surface area contributed by atoms with Crippen LogP contribution in [0, 0.1) is 5.92 Å². The van der Waals surface area contributed by atoms with Gasteiger partial charge in [-0.05, 0) is 48.4 Å². The van der Waals surface area contributed by atoms with Gasteiger partial charge in [-0.2, -0.15) is 0 Å². The van der Waals surface area contributed by atoms with Crippen molar-refractivity contribution in [3.8, 4) is 16.9 Å². The van der Waals surface area contributed by atoms with Crippen molar-refractivity contribution in [2.45, 2.75) is 38.0 Å². The first-order valence-electron chi connectivity index (χ1n) is 14.4. The Morgan fingerprint density at radius 3 is 2.83 bits per heavy atom. The van der Waals surface area contributed by atoms with Gasteiger partial charge in [0, 0.05) is 44.0 Å². The molecule has 1 saturated heterocycles. The minimum absolute atomic E-state index is 0.124. The van der Waals surface area contributed by atoms with Crippen molar-refractivity contribution in [3.63, 3.8) is 0 Å². The standard InChI is InChI=1S/C31H37N7O3/c32-29-28-27(23-7-4-8-25(15-23)41-19-21-5-2-1-3-6-21)18-38(30(28)37-20-36-29)24-13-22(14-24)16-35-31(39)34-10-9-26-17-33-11-12-40-26/h1-8,15,18,20,22,24,26,33H,9-14,16-17,19H2,(H2,32,36,37)(H2,34,35,39). The predicted molar refractivity (Wildman–Crippen MR) is 159 cm³/mol. The van der Waals surface area contributed by atoms with E-state index in [9.17, 15) is 4.79 Å². The average Bonchev–Trinajstić information content (AvgIpc) is 3.37. The summed E-state index contributed by atoms with van der Waals surface area (Å²) in [6, 6.07) is 18.3. The molecular formula is C31H37N7O3. The normalized spacial score (nSPS) is 20.3. The number of rotatable bonds is 10. The van der Waals surface area contributed by atoms with Gasteiger partial charge in [0.2, 0.25) is 0 Å².